The molecule has 96 valence electrons. The van der Waals surface area contributed by atoms with Crippen LogP contribution in [0.25, 0.3) is 22.6 Å². The number of hydrogen-bond donors (Lipinski definition) is 0. The van der Waals surface area contributed by atoms with Gasteiger partial charge in [0.15, 0.2) is 5.58 Å². The van der Waals surface area contributed by atoms with Gasteiger partial charge in [0.1, 0.15) is 5.52 Å². The van der Waals surface area contributed by atoms with E-state index in [1.54, 1.807) is 12.1 Å². The third kappa shape index (κ3) is 2.22. The summed E-state index contributed by atoms with van der Waals surface area (Å²) < 4.78 is 5.77. The molecule has 0 N–H and O–H groups in total. The van der Waals surface area contributed by atoms with E-state index in [0.29, 0.717) is 15.9 Å². The van der Waals surface area contributed by atoms with E-state index in [9.17, 15) is 0 Å². The zero-order valence-corrected chi connectivity index (χ0v) is 12.0. The largest absolute Gasteiger partial charge is 0.436 e. The topological polar surface area (TPSA) is 26.0 Å². The lowest BCUT2D eigenvalue weighted by molar-refractivity contribution is 0.619. The summed E-state index contributed by atoms with van der Waals surface area (Å²) in [5, 5.41) is 1.13. The van der Waals surface area contributed by atoms with Gasteiger partial charge in [0.25, 0.3) is 0 Å². The summed E-state index contributed by atoms with van der Waals surface area (Å²) in [4.78, 5) is 4.48. The molecule has 3 aromatic rings. The van der Waals surface area contributed by atoms with Crippen LogP contribution in [0.1, 0.15) is 11.1 Å². The second kappa shape index (κ2) is 4.55. The van der Waals surface area contributed by atoms with Gasteiger partial charge in [-0.2, -0.15) is 0 Å². The van der Waals surface area contributed by atoms with Crippen LogP contribution in [-0.2, 0) is 0 Å². The molecule has 3 rings (SSSR count). The molecule has 19 heavy (non-hydrogen) atoms. The molecule has 0 amide bonds. The van der Waals surface area contributed by atoms with Crippen molar-refractivity contribution in [1.82, 2.24) is 4.98 Å². The SMILES string of the molecule is Cc1cc2nc(-c3ccc(Cl)cc3Cl)oc2cc1C. The Kier molecular flexibility index (Phi) is 3.00. The Balaban J connectivity index is 2.20. The fourth-order valence-electron chi connectivity index (χ4n) is 1.96. The Morgan fingerprint density at radius 1 is 1.00 bits per heavy atom. The molecule has 0 saturated heterocycles. The van der Waals surface area contributed by atoms with Crippen molar-refractivity contribution in [3.8, 4) is 11.5 Å². The van der Waals surface area contributed by atoms with Gasteiger partial charge in [-0.05, 0) is 55.3 Å². The fourth-order valence-corrected chi connectivity index (χ4v) is 2.45. The van der Waals surface area contributed by atoms with Crippen molar-refractivity contribution in [2.45, 2.75) is 13.8 Å². The van der Waals surface area contributed by atoms with Crippen LogP contribution < -0.4 is 0 Å². The van der Waals surface area contributed by atoms with Gasteiger partial charge in [0, 0.05) is 5.02 Å². The second-order valence-corrected chi connectivity index (χ2v) is 5.39. The Morgan fingerprint density at radius 3 is 2.47 bits per heavy atom. The van der Waals surface area contributed by atoms with E-state index in [4.69, 9.17) is 27.6 Å². The highest BCUT2D eigenvalue weighted by Crippen LogP contribution is 2.32. The highest BCUT2D eigenvalue weighted by atomic mass is 35.5. The first kappa shape index (κ1) is 12.5. The second-order valence-electron chi connectivity index (χ2n) is 4.55. The molecule has 0 unspecified atom stereocenters. The predicted molar refractivity (Wildman–Crippen MR) is 78.9 cm³/mol. The van der Waals surface area contributed by atoms with Gasteiger partial charge in [0.2, 0.25) is 5.89 Å². The van der Waals surface area contributed by atoms with Crippen molar-refractivity contribution in [2.24, 2.45) is 0 Å². The number of fused-ring (bicyclic) bond motifs is 1. The fraction of sp³-hybridized carbons (Fsp3) is 0.133. The van der Waals surface area contributed by atoms with Crippen molar-refractivity contribution in [1.29, 1.82) is 0 Å². The van der Waals surface area contributed by atoms with E-state index in [1.807, 2.05) is 25.1 Å². The molecule has 0 spiro atoms. The van der Waals surface area contributed by atoms with Crippen molar-refractivity contribution < 1.29 is 4.42 Å². The average molecular weight is 292 g/mol. The summed E-state index contributed by atoms with van der Waals surface area (Å²) >= 11 is 12.1. The lowest BCUT2D eigenvalue weighted by Crippen LogP contribution is -1.80. The molecule has 2 nitrogen and oxygen atoms in total. The highest BCUT2D eigenvalue weighted by molar-refractivity contribution is 6.36. The van der Waals surface area contributed by atoms with Crippen LogP contribution in [0.2, 0.25) is 10.0 Å². The molecule has 0 aliphatic carbocycles. The molecule has 4 heteroatoms. The van der Waals surface area contributed by atoms with Gasteiger partial charge in [-0.15, -0.1) is 0 Å². The number of halogens is 2. The highest BCUT2D eigenvalue weighted by Gasteiger charge is 2.12. The lowest BCUT2D eigenvalue weighted by Gasteiger charge is -1.99. The maximum atomic E-state index is 6.17. The van der Waals surface area contributed by atoms with Gasteiger partial charge in [-0.1, -0.05) is 23.2 Å². The molecule has 1 aromatic heterocycles. The normalized spacial score (nSPS) is 11.2. The Morgan fingerprint density at radius 2 is 1.74 bits per heavy atom. The van der Waals surface area contributed by atoms with Gasteiger partial charge in [0.05, 0.1) is 10.6 Å². The van der Waals surface area contributed by atoms with Gasteiger partial charge in [-0.25, -0.2) is 4.98 Å². The Hall–Kier alpha value is -1.51. The molecule has 0 fully saturated rings. The van der Waals surface area contributed by atoms with Crippen molar-refractivity contribution in [3.63, 3.8) is 0 Å². The van der Waals surface area contributed by atoms with Crippen molar-refractivity contribution in [3.05, 3.63) is 51.5 Å². The lowest BCUT2D eigenvalue weighted by atomic mass is 10.1. The number of aromatic nitrogens is 1. The van der Waals surface area contributed by atoms with E-state index in [1.165, 1.54) is 11.1 Å². The summed E-state index contributed by atoms with van der Waals surface area (Å²) in [6.07, 6.45) is 0. The molecular formula is C15H11Cl2NO. The summed E-state index contributed by atoms with van der Waals surface area (Å²) in [5.41, 5.74) is 4.72. The molecule has 1 heterocycles. The van der Waals surface area contributed by atoms with Crippen molar-refractivity contribution >= 4 is 34.3 Å². The average Bonchev–Trinajstić information content (AvgIpc) is 2.72. The van der Waals surface area contributed by atoms with E-state index in [0.717, 1.165) is 16.7 Å². The number of aryl methyl sites for hydroxylation is 2. The number of oxazole rings is 1. The first-order valence-electron chi connectivity index (χ1n) is 5.88. The maximum absolute atomic E-state index is 6.17. The molecule has 0 aliphatic rings. The van der Waals surface area contributed by atoms with Gasteiger partial charge >= 0.3 is 0 Å². The first-order chi connectivity index (χ1) is 9.04. The maximum Gasteiger partial charge on any atom is 0.228 e. The number of benzene rings is 2. The van der Waals surface area contributed by atoms with Crippen LogP contribution in [0, 0.1) is 13.8 Å². The zero-order valence-electron chi connectivity index (χ0n) is 10.5. The smallest absolute Gasteiger partial charge is 0.228 e. The van der Waals surface area contributed by atoms with Crippen molar-refractivity contribution in [2.75, 3.05) is 0 Å². The molecule has 0 bridgehead atoms. The van der Waals surface area contributed by atoms with Gasteiger partial charge in [-0.3, -0.25) is 0 Å². The monoisotopic (exact) mass is 291 g/mol. The Labute approximate surface area is 121 Å². The molecule has 2 aromatic carbocycles. The summed E-state index contributed by atoms with van der Waals surface area (Å²) in [6.45, 7) is 4.10. The van der Waals surface area contributed by atoms with Crippen LogP contribution in [0.4, 0.5) is 0 Å². The molecule has 0 aliphatic heterocycles. The summed E-state index contributed by atoms with van der Waals surface area (Å²) in [6, 6.07) is 9.28. The molecule has 0 saturated carbocycles. The predicted octanol–water partition coefficient (Wildman–Crippen LogP) is 5.42. The van der Waals surface area contributed by atoms with Crippen LogP contribution in [0.5, 0.6) is 0 Å². The van der Waals surface area contributed by atoms with E-state index >= 15 is 0 Å². The minimum atomic E-state index is 0.515. The minimum absolute atomic E-state index is 0.515. The van der Waals surface area contributed by atoms with Crippen LogP contribution in [0.15, 0.2) is 34.7 Å². The molecule has 0 radical (unpaired) electrons. The van der Waals surface area contributed by atoms with Crippen LogP contribution >= 0.6 is 23.2 Å². The van der Waals surface area contributed by atoms with E-state index in [-0.39, 0.29) is 0 Å². The first-order valence-corrected chi connectivity index (χ1v) is 6.63. The quantitative estimate of drug-likeness (QED) is 0.598. The minimum Gasteiger partial charge on any atom is -0.436 e. The third-order valence-electron chi connectivity index (χ3n) is 3.17. The Bertz CT molecular complexity index is 738. The standard InChI is InChI=1S/C15H11Cl2NO/c1-8-5-13-14(6-9(8)2)19-15(18-13)11-4-3-10(16)7-12(11)17/h3-7H,1-2H3. The zero-order chi connectivity index (χ0) is 13.6. The van der Waals surface area contributed by atoms with Gasteiger partial charge < -0.3 is 4.42 Å². The van der Waals surface area contributed by atoms with E-state index in [2.05, 4.69) is 11.9 Å². The summed E-state index contributed by atoms with van der Waals surface area (Å²) in [7, 11) is 0. The number of rotatable bonds is 1. The molecule has 0 atom stereocenters. The van der Waals surface area contributed by atoms with Crippen LogP contribution in [0.3, 0.4) is 0 Å². The number of nitrogens with zero attached hydrogens (tertiary/aromatic N) is 1. The van der Waals surface area contributed by atoms with E-state index < -0.39 is 0 Å². The van der Waals surface area contributed by atoms with Crippen LogP contribution in [-0.4, -0.2) is 4.98 Å². The molecular weight excluding hydrogens is 281 g/mol. The summed E-state index contributed by atoms with van der Waals surface area (Å²) in [5.74, 6) is 0.515. The third-order valence-corrected chi connectivity index (χ3v) is 3.71. The number of hydrogen-bond acceptors (Lipinski definition) is 2.